The van der Waals surface area contributed by atoms with Crippen molar-refractivity contribution < 1.29 is 14.3 Å². The number of unbranched alkanes of at least 4 members (excludes halogenated alkanes) is 1. The number of ether oxygens (including phenoxy) is 1. The van der Waals surface area contributed by atoms with Crippen LogP contribution in [0.1, 0.15) is 49.9 Å². The summed E-state index contributed by atoms with van der Waals surface area (Å²) < 4.78 is 4.98. The van der Waals surface area contributed by atoms with Crippen molar-refractivity contribution in [2.75, 3.05) is 0 Å². The molecule has 1 rings (SSSR count). The van der Waals surface area contributed by atoms with Gasteiger partial charge in [0.25, 0.3) is 0 Å². The van der Waals surface area contributed by atoms with Crippen molar-refractivity contribution in [3.8, 4) is 0 Å². The number of carbonyl (C=O) groups excluding carboxylic acids is 2. The first-order valence-electron chi connectivity index (χ1n) is 6.47. The molecule has 0 atom stereocenters. The molecule has 0 bridgehead atoms. The summed E-state index contributed by atoms with van der Waals surface area (Å²) >= 11 is 0. The Labute approximate surface area is 113 Å². The van der Waals surface area contributed by atoms with E-state index in [1.807, 2.05) is 44.2 Å². The molecule has 1 amide bonds. The fraction of sp³-hybridized carbons (Fsp3) is 0.467. The van der Waals surface area contributed by atoms with E-state index >= 15 is 0 Å². The van der Waals surface area contributed by atoms with E-state index < -0.39 is 11.7 Å². The molecule has 1 aromatic carbocycles. The van der Waals surface area contributed by atoms with E-state index in [1.165, 1.54) is 0 Å². The minimum Gasteiger partial charge on any atom is -0.444 e. The molecular formula is C15H21NO3. The molecule has 0 saturated heterocycles. The van der Waals surface area contributed by atoms with Crippen LogP contribution in [0.5, 0.6) is 0 Å². The normalized spacial score (nSPS) is 11.1. The van der Waals surface area contributed by atoms with E-state index in [4.69, 9.17) is 10.5 Å². The molecule has 0 heterocycles. The molecule has 0 radical (unpaired) electrons. The lowest BCUT2D eigenvalue weighted by molar-refractivity contribution is 0.0370. The van der Waals surface area contributed by atoms with Crippen LogP contribution in [0.15, 0.2) is 30.3 Å². The highest BCUT2D eigenvalue weighted by atomic mass is 16.6. The predicted molar refractivity (Wildman–Crippen MR) is 74.0 cm³/mol. The van der Waals surface area contributed by atoms with Gasteiger partial charge in [0.05, 0.1) is 0 Å². The Bertz CT molecular complexity index is 426. The Morgan fingerprint density at radius 2 is 1.79 bits per heavy atom. The second kappa shape index (κ2) is 6.92. The second-order valence-electron chi connectivity index (χ2n) is 5.18. The van der Waals surface area contributed by atoms with Crippen molar-refractivity contribution in [2.24, 2.45) is 5.73 Å². The van der Waals surface area contributed by atoms with Crippen molar-refractivity contribution in [3.63, 3.8) is 0 Å². The van der Waals surface area contributed by atoms with Crippen LogP contribution in [0.3, 0.4) is 0 Å². The molecule has 1 aromatic rings. The summed E-state index contributed by atoms with van der Waals surface area (Å²) in [7, 11) is 0. The highest BCUT2D eigenvalue weighted by molar-refractivity contribution is 5.95. The third-order valence-electron chi connectivity index (χ3n) is 2.91. The van der Waals surface area contributed by atoms with Crippen LogP contribution in [0.4, 0.5) is 4.79 Å². The molecule has 2 N–H and O–H groups in total. The van der Waals surface area contributed by atoms with Gasteiger partial charge >= 0.3 is 6.09 Å². The minimum absolute atomic E-state index is 0.147. The molecule has 0 spiro atoms. The molecule has 0 aliphatic rings. The van der Waals surface area contributed by atoms with E-state index in [9.17, 15) is 9.59 Å². The minimum atomic E-state index is -0.759. The molecule has 0 unspecified atom stereocenters. The predicted octanol–water partition coefficient (Wildman–Crippen LogP) is 3.30. The van der Waals surface area contributed by atoms with Gasteiger partial charge in [0, 0.05) is 12.0 Å². The zero-order valence-corrected chi connectivity index (χ0v) is 11.5. The van der Waals surface area contributed by atoms with E-state index in [-0.39, 0.29) is 5.78 Å². The van der Waals surface area contributed by atoms with Crippen molar-refractivity contribution in [1.82, 2.24) is 0 Å². The Balaban J connectivity index is 2.28. The monoisotopic (exact) mass is 263 g/mol. The Hall–Kier alpha value is -1.84. The number of benzene rings is 1. The largest absolute Gasteiger partial charge is 0.444 e. The summed E-state index contributed by atoms with van der Waals surface area (Å²) in [5.74, 6) is 0.147. The first-order valence-corrected chi connectivity index (χ1v) is 6.47. The number of nitrogens with two attached hydrogens (primary N) is 1. The van der Waals surface area contributed by atoms with Gasteiger partial charge in [-0.05, 0) is 33.1 Å². The van der Waals surface area contributed by atoms with Crippen LogP contribution < -0.4 is 5.73 Å². The van der Waals surface area contributed by atoms with Gasteiger partial charge < -0.3 is 10.5 Å². The van der Waals surface area contributed by atoms with E-state index in [1.54, 1.807) is 0 Å². The molecular weight excluding hydrogens is 242 g/mol. The average molecular weight is 263 g/mol. The number of Topliss-reactive ketones (excluding diaryl/α,β-unsaturated/α-hetero) is 1. The van der Waals surface area contributed by atoms with Crippen molar-refractivity contribution >= 4 is 11.9 Å². The quantitative estimate of drug-likeness (QED) is 0.606. The first kappa shape index (κ1) is 15.2. The number of ketones is 1. The lowest BCUT2D eigenvalue weighted by Gasteiger charge is -2.23. The zero-order valence-electron chi connectivity index (χ0n) is 11.5. The van der Waals surface area contributed by atoms with Crippen LogP contribution in [-0.2, 0) is 4.74 Å². The highest BCUT2D eigenvalue weighted by Crippen LogP contribution is 2.19. The zero-order chi connectivity index (χ0) is 14.3. The number of hydrogen-bond donors (Lipinski definition) is 1. The van der Waals surface area contributed by atoms with Gasteiger partial charge in [0.15, 0.2) is 5.78 Å². The van der Waals surface area contributed by atoms with Crippen LogP contribution in [0, 0.1) is 0 Å². The van der Waals surface area contributed by atoms with E-state index in [0.29, 0.717) is 12.8 Å². The van der Waals surface area contributed by atoms with Crippen molar-refractivity contribution in [3.05, 3.63) is 35.9 Å². The molecule has 4 nitrogen and oxygen atoms in total. The summed E-state index contributed by atoms with van der Waals surface area (Å²) in [6.45, 7) is 3.63. The summed E-state index contributed by atoms with van der Waals surface area (Å²) in [4.78, 5) is 22.5. The van der Waals surface area contributed by atoms with Crippen LogP contribution in [0.25, 0.3) is 0 Å². The van der Waals surface area contributed by atoms with Gasteiger partial charge in [0.2, 0.25) is 0 Å². The Morgan fingerprint density at radius 3 is 2.37 bits per heavy atom. The summed E-state index contributed by atoms with van der Waals surface area (Å²) in [6.07, 6.45) is 2.04. The highest BCUT2D eigenvalue weighted by Gasteiger charge is 2.21. The maximum Gasteiger partial charge on any atom is 0.405 e. The summed E-state index contributed by atoms with van der Waals surface area (Å²) in [5, 5.41) is 0. The fourth-order valence-corrected chi connectivity index (χ4v) is 1.93. The van der Waals surface area contributed by atoms with Crippen LogP contribution >= 0.6 is 0 Å². The summed E-state index contributed by atoms with van der Waals surface area (Å²) in [5.41, 5.74) is 5.17. The SMILES string of the molecule is CC(C)(CCCCC(=O)c1ccccc1)OC(N)=O. The number of carbonyl (C=O) groups is 2. The number of rotatable bonds is 7. The van der Waals surface area contributed by atoms with Crippen LogP contribution in [-0.4, -0.2) is 17.5 Å². The standard InChI is InChI=1S/C15H21NO3/c1-15(2,19-14(16)18)11-7-6-10-13(17)12-8-4-3-5-9-12/h3-5,8-9H,6-7,10-11H2,1-2H3,(H2,16,18). The lowest BCUT2D eigenvalue weighted by atomic mass is 9.98. The molecule has 0 fully saturated rings. The number of primary amides is 1. The van der Waals surface area contributed by atoms with Gasteiger partial charge in [-0.25, -0.2) is 4.79 Å². The van der Waals surface area contributed by atoms with E-state index in [0.717, 1.165) is 18.4 Å². The van der Waals surface area contributed by atoms with Gasteiger partial charge in [-0.15, -0.1) is 0 Å². The molecule has 0 saturated carbocycles. The molecule has 104 valence electrons. The molecule has 19 heavy (non-hydrogen) atoms. The number of hydrogen-bond acceptors (Lipinski definition) is 3. The van der Waals surface area contributed by atoms with Crippen LogP contribution in [0.2, 0.25) is 0 Å². The Morgan fingerprint density at radius 1 is 1.16 bits per heavy atom. The van der Waals surface area contributed by atoms with Gasteiger partial charge in [-0.1, -0.05) is 30.3 Å². The van der Waals surface area contributed by atoms with Crippen molar-refractivity contribution in [2.45, 2.75) is 45.1 Å². The van der Waals surface area contributed by atoms with E-state index in [2.05, 4.69) is 0 Å². The summed E-state index contributed by atoms with van der Waals surface area (Å²) in [6, 6.07) is 9.25. The average Bonchev–Trinajstić information content (AvgIpc) is 2.34. The molecule has 0 aromatic heterocycles. The third-order valence-corrected chi connectivity index (χ3v) is 2.91. The third kappa shape index (κ3) is 6.04. The number of amides is 1. The molecule has 0 aliphatic carbocycles. The smallest absolute Gasteiger partial charge is 0.405 e. The van der Waals surface area contributed by atoms with Gasteiger partial charge in [-0.3, -0.25) is 4.79 Å². The Kier molecular flexibility index (Phi) is 5.55. The molecule has 0 aliphatic heterocycles. The maximum atomic E-state index is 11.8. The maximum absolute atomic E-state index is 11.8. The molecule has 4 heteroatoms. The second-order valence-corrected chi connectivity index (χ2v) is 5.18. The van der Waals surface area contributed by atoms with Crippen molar-refractivity contribution in [1.29, 1.82) is 0 Å². The fourth-order valence-electron chi connectivity index (χ4n) is 1.93. The first-order chi connectivity index (χ1) is 8.91. The lowest BCUT2D eigenvalue weighted by Crippen LogP contribution is -2.30. The topological polar surface area (TPSA) is 69.4 Å². The van der Waals surface area contributed by atoms with Gasteiger partial charge in [0.1, 0.15) is 5.60 Å². The van der Waals surface area contributed by atoms with Gasteiger partial charge in [-0.2, -0.15) is 0 Å².